The first-order valence-corrected chi connectivity index (χ1v) is 10.8. The number of hydrogen-bond acceptors (Lipinski definition) is 8. The number of nitrogens with two attached hydrogens (primary N) is 1. The number of anilines is 1. The fourth-order valence-electron chi connectivity index (χ4n) is 3.50. The van der Waals surface area contributed by atoms with Gasteiger partial charge in [-0.05, 0) is 50.5 Å². The Hall–Kier alpha value is -3.56. The summed E-state index contributed by atoms with van der Waals surface area (Å²) in [5, 5.41) is 0. The number of pyridine rings is 1. The van der Waals surface area contributed by atoms with Crippen molar-refractivity contribution in [2.24, 2.45) is 0 Å². The molecule has 1 aliphatic rings. The van der Waals surface area contributed by atoms with Crippen LogP contribution in [0.3, 0.4) is 0 Å². The van der Waals surface area contributed by atoms with E-state index in [1.165, 1.54) is 0 Å². The van der Waals surface area contributed by atoms with Gasteiger partial charge in [-0.3, -0.25) is 4.79 Å². The smallest absolute Gasteiger partial charge is 0.254 e. The molecule has 1 saturated heterocycles. The molecule has 1 amide bonds. The van der Waals surface area contributed by atoms with Crippen LogP contribution in [0.1, 0.15) is 22.2 Å². The number of amides is 1. The predicted octanol–water partition coefficient (Wildman–Crippen LogP) is 2.27. The van der Waals surface area contributed by atoms with Crippen molar-refractivity contribution in [3.63, 3.8) is 0 Å². The maximum Gasteiger partial charge on any atom is 0.254 e. The Balaban J connectivity index is 1.41. The van der Waals surface area contributed by atoms with E-state index in [4.69, 9.17) is 20.2 Å². The Kier molecular flexibility index (Phi) is 7.11. The Morgan fingerprint density at radius 1 is 1.18 bits per heavy atom. The molecule has 1 fully saturated rings. The standard InChI is InChI=1S/C24H28N6O3/c1-29(2)10-12-32-19-8-6-17(7-9-19)23(31)30-11-13-33-22(16-30)21-5-3-4-20(28-21)18-14-26-24(25)27-15-18/h3-9,14-15,22H,10-13,16H2,1-2H3,(H2,25,26,27)/t22-/m1/s1. The van der Waals surface area contributed by atoms with E-state index >= 15 is 0 Å². The van der Waals surface area contributed by atoms with Crippen molar-refractivity contribution in [1.29, 1.82) is 0 Å². The van der Waals surface area contributed by atoms with Crippen molar-refractivity contribution in [2.45, 2.75) is 6.10 Å². The van der Waals surface area contributed by atoms with Gasteiger partial charge in [0, 0.05) is 36.6 Å². The zero-order chi connectivity index (χ0) is 23.2. The Morgan fingerprint density at radius 3 is 2.67 bits per heavy atom. The normalized spacial score (nSPS) is 16.1. The Bertz CT molecular complexity index is 1070. The van der Waals surface area contributed by atoms with Gasteiger partial charge in [0.1, 0.15) is 18.5 Å². The second-order valence-electron chi connectivity index (χ2n) is 8.06. The lowest BCUT2D eigenvalue weighted by Gasteiger charge is -2.33. The zero-order valence-corrected chi connectivity index (χ0v) is 18.8. The van der Waals surface area contributed by atoms with Crippen LogP contribution in [-0.4, -0.2) is 77.6 Å². The number of carbonyl (C=O) groups is 1. The molecule has 1 aliphatic heterocycles. The highest BCUT2D eigenvalue weighted by Crippen LogP contribution is 2.25. The fraction of sp³-hybridized carbons (Fsp3) is 0.333. The lowest BCUT2D eigenvalue weighted by Crippen LogP contribution is -2.42. The Labute approximate surface area is 193 Å². The van der Waals surface area contributed by atoms with Gasteiger partial charge in [0.25, 0.3) is 5.91 Å². The fourth-order valence-corrected chi connectivity index (χ4v) is 3.50. The van der Waals surface area contributed by atoms with Gasteiger partial charge in [0.2, 0.25) is 5.95 Å². The van der Waals surface area contributed by atoms with Crippen LogP contribution in [0.15, 0.2) is 54.9 Å². The number of rotatable bonds is 7. The summed E-state index contributed by atoms with van der Waals surface area (Å²) >= 11 is 0. The molecule has 4 rings (SSSR count). The van der Waals surface area contributed by atoms with E-state index in [-0.39, 0.29) is 18.0 Å². The number of benzene rings is 1. The monoisotopic (exact) mass is 448 g/mol. The van der Waals surface area contributed by atoms with Gasteiger partial charge in [0.05, 0.1) is 24.5 Å². The highest BCUT2D eigenvalue weighted by Gasteiger charge is 2.27. The molecule has 1 atom stereocenters. The summed E-state index contributed by atoms with van der Waals surface area (Å²) in [4.78, 5) is 29.7. The van der Waals surface area contributed by atoms with E-state index in [0.29, 0.717) is 31.9 Å². The van der Waals surface area contributed by atoms with Crippen molar-refractivity contribution in [3.05, 3.63) is 66.1 Å². The molecule has 1 aromatic carbocycles. The van der Waals surface area contributed by atoms with Crippen LogP contribution in [0, 0.1) is 0 Å². The lowest BCUT2D eigenvalue weighted by atomic mass is 10.1. The van der Waals surface area contributed by atoms with Crippen molar-refractivity contribution in [1.82, 2.24) is 24.8 Å². The third-order valence-electron chi connectivity index (χ3n) is 5.33. The van der Waals surface area contributed by atoms with E-state index in [1.54, 1.807) is 29.4 Å². The van der Waals surface area contributed by atoms with E-state index in [9.17, 15) is 4.79 Å². The quantitative estimate of drug-likeness (QED) is 0.587. The van der Waals surface area contributed by atoms with Gasteiger partial charge in [-0.2, -0.15) is 0 Å². The van der Waals surface area contributed by atoms with E-state index < -0.39 is 0 Å². The second kappa shape index (κ2) is 10.4. The number of carbonyl (C=O) groups excluding carboxylic acids is 1. The van der Waals surface area contributed by atoms with Crippen molar-refractivity contribution >= 4 is 11.9 Å². The number of ether oxygens (including phenoxy) is 2. The van der Waals surface area contributed by atoms with Gasteiger partial charge >= 0.3 is 0 Å². The number of nitrogen functional groups attached to an aromatic ring is 1. The summed E-state index contributed by atoms with van der Waals surface area (Å²) in [6.45, 7) is 2.83. The van der Waals surface area contributed by atoms with E-state index in [1.807, 2.05) is 44.4 Å². The van der Waals surface area contributed by atoms with Crippen LogP contribution >= 0.6 is 0 Å². The molecule has 33 heavy (non-hydrogen) atoms. The van der Waals surface area contributed by atoms with Crippen molar-refractivity contribution in [2.75, 3.05) is 52.7 Å². The average Bonchev–Trinajstić information content (AvgIpc) is 2.84. The third kappa shape index (κ3) is 5.82. The molecule has 0 radical (unpaired) electrons. The summed E-state index contributed by atoms with van der Waals surface area (Å²) < 4.78 is 11.7. The molecule has 0 unspecified atom stereocenters. The van der Waals surface area contributed by atoms with Crippen LogP contribution < -0.4 is 10.5 Å². The van der Waals surface area contributed by atoms with E-state index in [0.717, 1.165) is 29.2 Å². The molecular formula is C24H28N6O3. The van der Waals surface area contributed by atoms with Gasteiger partial charge in [-0.15, -0.1) is 0 Å². The van der Waals surface area contributed by atoms with Crippen LogP contribution in [0.4, 0.5) is 5.95 Å². The van der Waals surface area contributed by atoms with E-state index in [2.05, 4.69) is 14.9 Å². The lowest BCUT2D eigenvalue weighted by molar-refractivity contribution is -0.0246. The van der Waals surface area contributed by atoms with Gasteiger partial charge in [0.15, 0.2) is 0 Å². The minimum atomic E-state index is -0.314. The molecular weight excluding hydrogens is 420 g/mol. The second-order valence-corrected chi connectivity index (χ2v) is 8.06. The highest BCUT2D eigenvalue weighted by molar-refractivity contribution is 5.94. The molecule has 0 spiro atoms. The highest BCUT2D eigenvalue weighted by atomic mass is 16.5. The molecule has 172 valence electrons. The molecule has 3 heterocycles. The van der Waals surface area contributed by atoms with Crippen LogP contribution in [0.5, 0.6) is 5.75 Å². The topological polar surface area (TPSA) is 107 Å². The summed E-state index contributed by atoms with van der Waals surface area (Å²) in [6.07, 6.45) is 2.96. The minimum Gasteiger partial charge on any atom is -0.492 e. The first kappa shape index (κ1) is 22.6. The van der Waals surface area contributed by atoms with Crippen molar-refractivity contribution < 1.29 is 14.3 Å². The molecule has 0 saturated carbocycles. The summed E-state index contributed by atoms with van der Waals surface area (Å²) in [6, 6.07) is 13.0. The molecule has 2 N–H and O–H groups in total. The minimum absolute atomic E-state index is 0.0359. The number of morpholine rings is 1. The van der Waals surface area contributed by atoms with Gasteiger partial charge in [-0.25, -0.2) is 15.0 Å². The number of aromatic nitrogens is 3. The SMILES string of the molecule is CN(C)CCOc1ccc(C(=O)N2CCO[C@@H](c3cccc(-c4cnc(N)nc4)n3)C2)cc1. The number of hydrogen-bond donors (Lipinski definition) is 1. The predicted molar refractivity (Wildman–Crippen MR) is 125 cm³/mol. The molecule has 3 aromatic rings. The molecule has 9 heteroatoms. The number of nitrogens with zero attached hydrogens (tertiary/aromatic N) is 5. The number of likely N-dealkylation sites (N-methyl/N-ethyl adjacent to an activating group) is 1. The van der Waals surface area contributed by atoms with Crippen molar-refractivity contribution in [3.8, 4) is 17.0 Å². The van der Waals surface area contributed by atoms with Crippen LogP contribution in [-0.2, 0) is 4.74 Å². The Morgan fingerprint density at radius 2 is 1.94 bits per heavy atom. The average molecular weight is 449 g/mol. The first-order chi connectivity index (χ1) is 16.0. The summed E-state index contributed by atoms with van der Waals surface area (Å²) in [5.74, 6) is 0.931. The summed E-state index contributed by atoms with van der Waals surface area (Å²) in [5.41, 5.74) is 8.45. The third-order valence-corrected chi connectivity index (χ3v) is 5.33. The summed E-state index contributed by atoms with van der Waals surface area (Å²) in [7, 11) is 4.00. The molecule has 2 aromatic heterocycles. The maximum atomic E-state index is 13.1. The van der Waals surface area contributed by atoms with Crippen LogP contribution in [0.2, 0.25) is 0 Å². The molecule has 9 nitrogen and oxygen atoms in total. The van der Waals surface area contributed by atoms with Gasteiger partial charge in [-0.1, -0.05) is 6.07 Å². The largest absolute Gasteiger partial charge is 0.492 e. The maximum absolute atomic E-state index is 13.1. The van der Waals surface area contributed by atoms with Gasteiger partial charge < -0.3 is 25.0 Å². The van der Waals surface area contributed by atoms with Crippen LogP contribution in [0.25, 0.3) is 11.3 Å². The molecule has 0 bridgehead atoms. The zero-order valence-electron chi connectivity index (χ0n) is 18.8. The molecule has 0 aliphatic carbocycles. The first-order valence-electron chi connectivity index (χ1n) is 10.8.